The Kier molecular flexibility index (Phi) is 7.24. The van der Waals surface area contributed by atoms with Crippen LogP contribution in [-0.2, 0) is 27.1 Å². The van der Waals surface area contributed by atoms with E-state index < -0.39 is 6.85 Å². The Hall–Kier alpha value is -5.02. The molecule has 0 atom stereocenters. The molecule has 3 heteroatoms. The van der Waals surface area contributed by atoms with E-state index in [0.717, 1.165) is 69.1 Å². The molecule has 298 valence electrons. The fourth-order valence-electron chi connectivity index (χ4n) is 12.2. The lowest BCUT2D eigenvalue weighted by molar-refractivity contribution is 0.403. The van der Waals surface area contributed by atoms with Gasteiger partial charge in [0.15, 0.2) is 0 Å². The maximum absolute atomic E-state index is 9.05. The van der Waals surface area contributed by atoms with Gasteiger partial charge in [0.25, 0.3) is 6.71 Å². The first-order valence-electron chi connectivity index (χ1n) is 23.3. The summed E-state index contributed by atoms with van der Waals surface area (Å²) in [6.45, 7) is 25.6. The maximum Gasteiger partial charge on any atom is 0.252 e. The Morgan fingerprint density at radius 2 is 1.14 bits per heavy atom. The highest BCUT2D eigenvalue weighted by Gasteiger charge is 2.49. The molecule has 2 aliphatic carbocycles. The second kappa shape index (κ2) is 12.3. The average molecular weight is 776 g/mol. The molecule has 0 saturated carbocycles. The number of hydrogen-bond donors (Lipinski definition) is 0. The molecule has 2 heterocycles. The van der Waals surface area contributed by atoms with Crippen molar-refractivity contribution < 1.29 is 4.11 Å². The topological polar surface area (TPSA) is 6.48 Å². The molecule has 0 unspecified atom stereocenters. The van der Waals surface area contributed by atoms with Crippen LogP contribution in [0, 0.1) is 13.8 Å². The Labute approximate surface area is 359 Å². The third-order valence-corrected chi connectivity index (χ3v) is 14.6. The summed E-state index contributed by atoms with van der Waals surface area (Å²) in [5, 5.41) is 0. The summed E-state index contributed by atoms with van der Waals surface area (Å²) in [6, 6.07) is 40.6. The van der Waals surface area contributed by atoms with Crippen LogP contribution in [-0.4, -0.2) is 6.71 Å². The van der Waals surface area contributed by atoms with E-state index in [-0.39, 0.29) is 33.8 Å². The van der Waals surface area contributed by atoms with E-state index in [0.29, 0.717) is 5.56 Å². The predicted octanol–water partition coefficient (Wildman–Crippen LogP) is 13.3. The summed E-state index contributed by atoms with van der Waals surface area (Å²) in [6.07, 6.45) is 2.13. The van der Waals surface area contributed by atoms with Gasteiger partial charge in [-0.15, -0.1) is 0 Å². The van der Waals surface area contributed by atoms with Crippen LogP contribution in [0.1, 0.15) is 132 Å². The zero-order chi connectivity index (χ0) is 44.3. The summed E-state index contributed by atoms with van der Waals surface area (Å²) in [5.41, 5.74) is 20.4. The predicted molar refractivity (Wildman–Crippen MR) is 255 cm³/mol. The molecule has 0 N–H and O–H groups in total. The zero-order valence-corrected chi connectivity index (χ0v) is 37.3. The fourth-order valence-corrected chi connectivity index (χ4v) is 12.2. The molecule has 59 heavy (non-hydrogen) atoms. The van der Waals surface area contributed by atoms with Gasteiger partial charge in [0, 0.05) is 38.2 Å². The molecule has 4 aliphatic rings. The van der Waals surface area contributed by atoms with Crippen molar-refractivity contribution in [1.82, 2.24) is 0 Å². The van der Waals surface area contributed by atoms with Crippen LogP contribution in [0.3, 0.4) is 0 Å². The van der Waals surface area contributed by atoms with Crippen molar-refractivity contribution in [2.45, 2.75) is 130 Å². The van der Waals surface area contributed by atoms with Gasteiger partial charge in [-0.05, 0) is 163 Å². The van der Waals surface area contributed by atoms with Crippen LogP contribution in [0.25, 0.3) is 11.1 Å². The molecule has 0 fully saturated rings. The van der Waals surface area contributed by atoms with Crippen LogP contribution in [0.5, 0.6) is 0 Å². The Balaban J connectivity index is 1.36. The van der Waals surface area contributed by atoms with E-state index in [1.807, 2.05) is 12.1 Å². The van der Waals surface area contributed by atoms with Gasteiger partial charge in [0.05, 0.1) is 0 Å². The van der Waals surface area contributed by atoms with Gasteiger partial charge >= 0.3 is 0 Å². The second-order valence-electron chi connectivity index (χ2n) is 22.0. The molecule has 0 radical (unpaired) electrons. The quantitative estimate of drug-likeness (QED) is 0.165. The first-order chi connectivity index (χ1) is 28.9. The van der Waals surface area contributed by atoms with Crippen molar-refractivity contribution in [3.05, 3.63) is 148 Å². The molecular weight excluding hydrogens is 711 g/mol. The highest BCUT2D eigenvalue weighted by Crippen LogP contribution is 2.55. The number of hydrogen-bond acceptors (Lipinski definition) is 2. The van der Waals surface area contributed by atoms with E-state index in [9.17, 15) is 0 Å². The number of rotatable bonds is 3. The molecule has 0 saturated heterocycles. The van der Waals surface area contributed by atoms with Crippen molar-refractivity contribution in [3.8, 4) is 11.1 Å². The number of aryl methyl sites for hydroxylation is 2. The molecule has 2 aliphatic heterocycles. The summed E-state index contributed by atoms with van der Waals surface area (Å²) in [5.74, 6) is 0. The molecule has 0 aromatic heterocycles. The smallest absolute Gasteiger partial charge is 0.252 e. The van der Waals surface area contributed by atoms with E-state index in [4.69, 9.17) is 4.11 Å². The van der Waals surface area contributed by atoms with Crippen molar-refractivity contribution in [2.24, 2.45) is 0 Å². The fraction of sp³-hybridized carbons (Fsp3) is 0.357. The molecule has 6 aromatic rings. The van der Waals surface area contributed by atoms with Gasteiger partial charge in [-0.3, -0.25) is 0 Å². The Morgan fingerprint density at radius 1 is 0.525 bits per heavy atom. The summed E-state index contributed by atoms with van der Waals surface area (Å²) in [7, 11) is 0. The summed E-state index contributed by atoms with van der Waals surface area (Å²) in [4.78, 5) is 4.86. The lowest BCUT2D eigenvalue weighted by Crippen LogP contribution is -2.61. The highest BCUT2D eigenvalue weighted by molar-refractivity contribution is 7.00. The first-order valence-corrected chi connectivity index (χ1v) is 21.8. The highest BCUT2D eigenvalue weighted by atomic mass is 15.2. The van der Waals surface area contributed by atoms with Crippen molar-refractivity contribution in [3.63, 3.8) is 0 Å². The summed E-state index contributed by atoms with van der Waals surface area (Å²) < 4.78 is 27.2. The molecule has 0 bridgehead atoms. The zero-order valence-electron chi connectivity index (χ0n) is 40.3. The second-order valence-corrected chi connectivity index (χ2v) is 22.0. The van der Waals surface area contributed by atoms with Crippen molar-refractivity contribution in [1.29, 1.82) is 0 Å². The number of nitrogens with zero attached hydrogens (tertiary/aromatic N) is 2. The van der Waals surface area contributed by atoms with E-state index in [2.05, 4.69) is 190 Å². The third-order valence-electron chi connectivity index (χ3n) is 14.6. The molecule has 6 aromatic carbocycles. The average Bonchev–Trinajstić information content (AvgIpc) is 3.50. The maximum atomic E-state index is 9.05. The van der Waals surface area contributed by atoms with Crippen LogP contribution >= 0.6 is 0 Å². The minimum atomic E-state index is -2.35. The SMILES string of the molecule is [2H]C([2H])([2H])c1cc2c3c(c1)N(c1cc(C(C)(C)C)ccc1C)c1cc(-c4ccccc4)ccc1B3c1cc3c(cc1N2c1ccc2c(c1)C(C)(C)CC2(C)C)C(C)(C)CC3(C)C. The molecule has 0 amide bonds. The number of fused-ring (bicyclic) bond motifs is 6. The minimum Gasteiger partial charge on any atom is -0.311 e. The summed E-state index contributed by atoms with van der Waals surface area (Å²) >= 11 is 0. The number of benzene rings is 6. The van der Waals surface area contributed by atoms with Crippen LogP contribution < -0.4 is 26.2 Å². The van der Waals surface area contributed by atoms with Gasteiger partial charge in [0.2, 0.25) is 0 Å². The molecule has 10 rings (SSSR count). The monoisotopic (exact) mass is 776 g/mol. The largest absolute Gasteiger partial charge is 0.311 e. The van der Waals surface area contributed by atoms with Gasteiger partial charge in [0.1, 0.15) is 0 Å². The Bertz CT molecular complexity index is 2860. The lowest BCUT2D eigenvalue weighted by Gasteiger charge is -2.45. The Morgan fingerprint density at radius 3 is 1.80 bits per heavy atom. The van der Waals surface area contributed by atoms with E-state index >= 15 is 0 Å². The van der Waals surface area contributed by atoms with Gasteiger partial charge in [-0.25, -0.2) is 0 Å². The van der Waals surface area contributed by atoms with Gasteiger partial charge in [-0.2, -0.15) is 0 Å². The standard InChI is InChI=1S/C56H61BN2/c1-34-25-49-51-50(26-34)59(46-28-38(52(3,4)5)21-19-35(46)2)47-27-37(36-17-15-14-16-18-36)20-24-44(47)57(51)45-30-42-43(56(12,13)33-55(42,10)11)31-48(45)58(49)39-22-23-40-41(29-39)54(8,9)32-53(40,6)7/h14-31H,32-33H2,1-13H3/i1D3. The van der Waals surface area contributed by atoms with Crippen molar-refractivity contribution >= 4 is 57.2 Å². The normalized spacial score (nSPS) is 19.5. The number of anilines is 6. The third kappa shape index (κ3) is 5.66. The molecule has 0 spiro atoms. The van der Waals surface area contributed by atoms with Crippen LogP contribution in [0.2, 0.25) is 0 Å². The minimum absolute atomic E-state index is 0.0122. The van der Waals surface area contributed by atoms with Crippen molar-refractivity contribution in [2.75, 3.05) is 9.80 Å². The molecular formula is C56H61BN2. The lowest BCUT2D eigenvalue weighted by atomic mass is 9.33. The van der Waals surface area contributed by atoms with Gasteiger partial charge < -0.3 is 9.80 Å². The molecule has 2 nitrogen and oxygen atoms in total. The van der Waals surface area contributed by atoms with E-state index in [1.54, 1.807) is 0 Å². The van der Waals surface area contributed by atoms with Crippen LogP contribution in [0.15, 0.2) is 109 Å². The van der Waals surface area contributed by atoms with E-state index in [1.165, 1.54) is 38.7 Å². The van der Waals surface area contributed by atoms with Gasteiger partial charge in [-0.1, -0.05) is 143 Å². The first kappa shape index (κ1) is 34.8. The van der Waals surface area contributed by atoms with Crippen LogP contribution in [0.4, 0.5) is 34.1 Å².